The van der Waals surface area contributed by atoms with Crippen LogP contribution in [-0.4, -0.2) is 22.3 Å². The fourth-order valence-electron chi connectivity index (χ4n) is 0.888. The summed E-state index contributed by atoms with van der Waals surface area (Å²) >= 11 is 0. The Morgan fingerprint density at radius 2 is 2.00 bits per heavy atom. The van der Waals surface area contributed by atoms with E-state index in [0.29, 0.717) is 18.5 Å². The molecule has 0 spiro atoms. The molecule has 0 fully saturated rings. The Hall–Kier alpha value is -1.10. The third-order valence-electron chi connectivity index (χ3n) is 1.56. The molecule has 0 saturated carbocycles. The predicted molar refractivity (Wildman–Crippen MR) is 55.1 cm³/mol. The van der Waals surface area contributed by atoms with Crippen molar-refractivity contribution in [2.45, 2.75) is 39.8 Å². The normalized spacial score (nSPS) is 11.7. The van der Waals surface area contributed by atoms with Crippen LogP contribution in [0.15, 0.2) is 4.42 Å². The Morgan fingerprint density at radius 3 is 2.57 bits per heavy atom. The summed E-state index contributed by atoms with van der Waals surface area (Å²) in [5.74, 6) is 0.607. The van der Waals surface area contributed by atoms with Crippen molar-refractivity contribution in [3.8, 4) is 0 Å². The fraction of sp³-hybridized carbons (Fsp3) is 0.778. The van der Waals surface area contributed by atoms with Gasteiger partial charge in [-0.2, -0.15) is 0 Å². The molecule has 1 aromatic heterocycles. The van der Waals surface area contributed by atoms with Gasteiger partial charge in [0.2, 0.25) is 5.89 Å². The minimum Gasteiger partial charge on any atom is -0.407 e. The molecule has 0 bridgehead atoms. The highest BCUT2D eigenvalue weighted by molar-refractivity contribution is 5.15. The number of hydrogen-bond donors (Lipinski definition) is 2. The third-order valence-corrected chi connectivity index (χ3v) is 1.56. The topological polar surface area (TPSA) is 63.0 Å². The van der Waals surface area contributed by atoms with Crippen molar-refractivity contribution in [1.29, 1.82) is 0 Å². The highest BCUT2D eigenvalue weighted by atomic mass is 16.4. The molecule has 0 saturated heterocycles. The van der Waals surface area contributed by atoms with Gasteiger partial charge in [-0.05, 0) is 27.7 Å². The highest BCUT2D eigenvalue weighted by Gasteiger charge is 2.11. The summed E-state index contributed by atoms with van der Waals surface area (Å²) in [6.45, 7) is 9.64. The van der Waals surface area contributed by atoms with Crippen LogP contribution in [-0.2, 0) is 6.54 Å². The Bertz CT molecular complexity index is 277. The number of aromatic nitrogens is 2. The van der Waals surface area contributed by atoms with Gasteiger partial charge in [0.1, 0.15) is 0 Å². The van der Waals surface area contributed by atoms with E-state index < -0.39 is 0 Å². The van der Waals surface area contributed by atoms with Crippen LogP contribution < -0.4 is 10.6 Å². The average Bonchev–Trinajstić information content (AvgIpc) is 2.49. The summed E-state index contributed by atoms with van der Waals surface area (Å²) in [4.78, 5) is 0. The molecule has 14 heavy (non-hydrogen) atoms. The predicted octanol–water partition coefficient (Wildman–Crippen LogP) is 1.39. The number of nitrogens with one attached hydrogen (secondary N) is 2. The molecular weight excluding hydrogens is 180 g/mol. The second-order valence-electron chi connectivity index (χ2n) is 4.13. The zero-order chi connectivity index (χ0) is 10.6. The second-order valence-corrected chi connectivity index (χ2v) is 4.13. The van der Waals surface area contributed by atoms with Gasteiger partial charge in [0.25, 0.3) is 0 Å². The summed E-state index contributed by atoms with van der Waals surface area (Å²) in [5.41, 5.74) is 0.0623. The highest BCUT2D eigenvalue weighted by Crippen LogP contribution is 2.06. The van der Waals surface area contributed by atoms with Gasteiger partial charge in [0, 0.05) is 12.1 Å². The summed E-state index contributed by atoms with van der Waals surface area (Å²) in [6.07, 6.45) is 0. The minimum atomic E-state index is 0.0623. The van der Waals surface area contributed by atoms with E-state index in [1.807, 2.05) is 6.92 Å². The Labute approximate surface area is 84.3 Å². The van der Waals surface area contributed by atoms with Gasteiger partial charge in [-0.15, -0.1) is 5.10 Å². The molecule has 0 aliphatic heterocycles. The molecule has 5 heteroatoms. The van der Waals surface area contributed by atoms with Crippen LogP contribution in [0.2, 0.25) is 0 Å². The van der Waals surface area contributed by atoms with E-state index in [9.17, 15) is 0 Å². The van der Waals surface area contributed by atoms with Gasteiger partial charge in [0.05, 0.1) is 6.54 Å². The molecule has 1 heterocycles. The van der Waals surface area contributed by atoms with E-state index in [0.717, 1.165) is 6.54 Å². The van der Waals surface area contributed by atoms with Gasteiger partial charge in [-0.25, -0.2) is 0 Å². The van der Waals surface area contributed by atoms with Crippen molar-refractivity contribution in [2.75, 3.05) is 11.9 Å². The van der Waals surface area contributed by atoms with Crippen LogP contribution in [0.1, 0.15) is 33.6 Å². The van der Waals surface area contributed by atoms with Gasteiger partial charge < -0.3 is 15.1 Å². The number of rotatable bonds is 4. The van der Waals surface area contributed by atoms with Crippen molar-refractivity contribution in [1.82, 2.24) is 15.5 Å². The Balaban J connectivity index is 2.44. The van der Waals surface area contributed by atoms with Crippen molar-refractivity contribution in [3.05, 3.63) is 5.89 Å². The summed E-state index contributed by atoms with van der Waals surface area (Å²) in [6, 6.07) is 0.484. The molecule has 5 nitrogen and oxygen atoms in total. The molecule has 1 rings (SSSR count). The first-order valence-electron chi connectivity index (χ1n) is 4.82. The Kier molecular flexibility index (Phi) is 3.46. The van der Waals surface area contributed by atoms with E-state index in [-0.39, 0.29) is 5.54 Å². The molecule has 80 valence electrons. The molecule has 0 aliphatic carbocycles. The number of hydrogen-bond acceptors (Lipinski definition) is 5. The quantitative estimate of drug-likeness (QED) is 0.765. The summed E-state index contributed by atoms with van der Waals surface area (Å²) in [5, 5.41) is 14.0. The molecule has 0 amide bonds. The largest absolute Gasteiger partial charge is 0.407 e. The number of nitrogens with zero attached hydrogens (tertiary/aromatic N) is 2. The summed E-state index contributed by atoms with van der Waals surface area (Å²) < 4.78 is 5.32. The van der Waals surface area contributed by atoms with Gasteiger partial charge in [-0.1, -0.05) is 5.10 Å². The van der Waals surface area contributed by atoms with Crippen LogP contribution >= 0.6 is 0 Å². The number of anilines is 1. The first kappa shape index (κ1) is 11.0. The van der Waals surface area contributed by atoms with E-state index in [1.54, 1.807) is 0 Å². The molecular formula is C9H18N4O. The first-order valence-corrected chi connectivity index (χ1v) is 4.82. The fourth-order valence-corrected chi connectivity index (χ4v) is 0.888. The maximum absolute atomic E-state index is 5.32. The molecule has 0 aromatic carbocycles. The van der Waals surface area contributed by atoms with E-state index in [2.05, 4.69) is 41.6 Å². The van der Waals surface area contributed by atoms with Crippen LogP contribution in [0.3, 0.4) is 0 Å². The van der Waals surface area contributed by atoms with Crippen molar-refractivity contribution >= 4 is 6.01 Å². The van der Waals surface area contributed by atoms with Crippen LogP contribution in [0.4, 0.5) is 6.01 Å². The van der Waals surface area contributed by atoms with Gasteiger partial charge in [-0.3, -0.25) is 0 Å². The average molecular weight is 198 g/mol. The third kappa shape index (κ3) is 3.74. The lowest BCUT2D eigenvalue weighted by Gasteiger charge is -2.18. The summed E-state index contributed by atoms with van der Waals surface area (Å²) in [7, 11) is 0. The SMILES string of the molecule is CCNc1nnc(CNC(C)(C)C)o1. The van der Waals surface area contributed by atoms with E-state index in [4.69, 9.17) is 4.42 Å². The van der Waals surface area contributed by atoms with Crippen molar-refractivity contribution in [3.63, 3.8) is 0 Å². The lowest BCUT2D eigenvalue weighted by molar-refractivity contribution is 0.384. The van der Waals surface area contributed by atoms with Crippen molar-refractivity contribution in [2.24, 2.45) is 0 Å². The van der Waals surface area contributed by atoms with E-state index >= 15 is 0 Å². The minimum absolute atomic E-state index is 0.0623. The standard InChI is InChI=1S/C9H18N4O/c1-5-10-8-13-12-7(14-8)6-11-9(2,3)4/h11H,5-6H2,1-4H3,(H,10,13). The smallest absolute Gasteiger partial charge is 0.315 e. The Morgan fingerprint density at radius 1 is 1.29 bits per heavy atom. The zero-order valence-corrected chi connectivity index (χ0v) is 9.22. The lowest BCUT2D eigenvalue weighted by atomic mass is 10.1. The second kappa shape index (κ2) is 4.41. The molecule has 1 aromatic rings. The van der Waals surface area contributed by atoms with Gasteiger partial charge in [0.15, 0.2) is 0 Å². The monoisotopic (exact) mass is 198 g/mol. The molecule has 0 atom stereocenters. The molecule has 0 radical (unpaired) electrons. The molecule has 0 aliphatic rings. The molecule has 2 N–H and O–H groups in total. The molecule has 0 unspecified atom stereocenters. The maximum atomic E-state index is 5.32. The van der Waals surface area contributed by atoms with Crippen LogP contribution in [0.5, 0.6) is 0 Å². The van der Waals surface area contributed by atoms with Gasteiger partial charge >= 0.3 is 6.01 Å². The maximum Gasteiger partial charge on any atom is 0.315 e. The first-order chi connectivity index (χ1) is 6.51. The van der Waals surface area contributed by atoms with Crippen LogP contribution in [0, 0.1) is 0 Å². The van der Waals surface area contributed by atoms with E-state index in [1.165, 1.54) is 0 Å². The van der Waals surface area contributed by atoms with Crippen LogP contribution in [0.25, 0.3) is 0 Å². The zero-order valence-electron chi connectivity index (χ0n) is 9.22. The van der Waals surface area contributed by atoms with Crippen molar-refractivity contribution < 1.29 is 4.42 Å². The lowest BCUT2D eigenvalue weighted by Crippen LogP contribution is -2.35.